The molecule has 3 aromatic heterocycles. The normalized spacial score (nSPS) is 10.9. The summed E-state index contributed by atoms with van der Waals surface area (Å²) < 4.78 is 1.56. The third-order valence-corrected chi connectivity index (χ3v) is 3.64. The summed E-state index contributed by atoms with van der Waals surface area (Å²) in [6, 6.07) is 3.73. The van der Waals surface area contributed by atoms with E-state index in [-0.39, 0.29) is 18.3 Å². The predicted molar refractivity (Wildman–Crippen MR) is 84.5 cm³/mol. The Bertz CT molecular complexity index is 857. The van der Waals surface area contributed by atoms with Crippen molar-refractivity contribution in [3.8, 4) is 0 Å². The van der Waals surface area contributed by atoms with Crippen LogP contribution in [0, 0.1) is 13.8 Å². The number of pyridine rings is 1. The van der Waals surface area contributed by atoms with Gasteiger partial charge in [0.1, 0.15) is 0 Å². The summed E-state index contributed by atoms with van der Waals surface area (Å²) in [4.78, 5) is 24.5. The number of nitrogens with zero attached hydrogens (tertiary/aromatic N) is 5. The lowest BCUT2D eigenvalue weighted by molar-refractivity contribution is -0.120. The van der Waals surface area contributed by atoms with Gasteiger partial charge in [-0.05, 0) is 31.5 Å². The third-order valence-electron chi connectivity index (χ3n) is 3.64. The van der Waals surface area contributed by atoms with Crippen molar-refractivity contribution in [3.05, 3.63) is 47.0 Å². The second kappa shape index (κ2) is 5.99. The highest BCUT2D eigenvalue weighted by Gasteiger charge is 2.15. The molecule has 1 amide bonds. The van der Waals surface area contributed by atoms with Gasteiger partial charge in [-0.25, -0.2) is 4.98 Å². The Morgan fingerprint density at radius 3 is 2.74 bits per heavy atom. The molecule has 0 aliphatic rings. The molecular weight excluding hydrogens is 294 g/mol. The van der Waals surface area contributed by atoms with Crippen molar-refractivity contribution in [3.63, 3.8) is 0 Å². The molecule has 0 atom stereocenters. The number of carbonyl (C=O) groups is 1. The second-order valence-electron chi connectivity index (χ2n) is 5.25. The van der Waals surface area contributed by atoms with Gasteiger partial charge in [-0.3, -0.25) is 9.78 Å². The molecule has 3 aromatic rings. The minimum atomic E-state index is -0.0813. The van der Waals surface area contributed by atoms with Crippen molar-refractivity contribution < 1.29 is 4.79 Å². The van der Waals surface area contributed by atoms with Crippen molar-refractivity contribution in [2.45, 2.75) is 26.8 Å². The summed E-state index contributed by atoms with van der Waals surface area (Å²) in [5.41, 5.74) is 9.00. The first-order chi connectivity index (χ1) is 11.0. The van der Waals surface area contributed by atoms with Gasteiger partial charge in [-0.2, -0.15) is 9.50 Å². The zero-order valence-corrected chi connectivity index (χ0v) is 12.9. The number of hydrogen-bond acceptors (Lipinski definition) is 6. The van der Waals surface area contributed by atoms with Crippen LogP contribution in [0.5, 0.6) is 0 Å². The maximum absolute atomic E-state index is 12.2. The quantitative estimate of drug-likeness (QED) is 0.729. The molecule has 0 unspecified atom stereocenters. The van der Waals surface area contributed by atoms with Crippen LogP contribution in [0.15, 0.2) is 24.5 Å². The molecule has 0 aliphatic carbocycles. The van der Waals surface area contributed by atoms with Crippen LogP contribution in [0.4, 0.5) is 5.95 Å². The van der Waals surface area contributed by atoms with Crippen LogP contribution in [0.3, 0.4) is 0 Å². The van der Waals surface area contributed by atoms with Gasteiger partial charge in [-0.15, -0.1) is 5.10 Å². The molecule has 3 N–H and O–H groups in total. The number of aryl methyl sites for hydroxylation is 2. The number of aromatic nitrogens is 5. The molecule has 0 saturated carbocycles. The Morgan fingerprint density at radius 1 is 1.26 bits per heavy atom. The maximum Gasteiger partial charge on any atom is 0.254 e. The monoisotopic (exact) mass is 311 g/mol. The lowest BCUT2D eigenvalue weighted by Crippen LogP contribution is -2.25. The van der Waals surface area contributed by atoms with Gasteiger partial charge >= 0.3 is 0 Å². The highest BCUT2D eigenvalue weighted by molar-refractivity contribution is 5.79. The van der Waals surface area contributed by atoms with Crippen LogP contribution in [0.2, 0.25) is 0 Å². The Balaban J connectivity index is 1.76. The molecule has 0 saturated heterocycles. The lowest BCUT2D eigenvalue weighted by Gasteiger charge is -2.10. The van der Waals surface area contributed by atoms with Crippen molar-refractivity contribution in [1.82, 2.24) is 29.9 Å². The van der Waals surface area contributed by atoms with Gasteiger partial charge in [-0.1, -0.05) is 0 Å². The molecule has 0 spiro atoms. The molecule has 0 radical (unpaired) electrons. The SMILES string of the molecule is Cc1nc2nc(N)nn2c(C)c1CC(=O)NCc1ccncc1. The Labute approximate surface area is 132 Å². The Kier molecular flexibility index (Phi) is 3.88. The van der Waals surface area contributed by atoms with Gasteiger partial charge in [0.25, 0.3) is 5.78 Å². The van der Waals surface area contributed by atoms with Crippen molar-refractivity contribution >= 4 is 17.6 Å². The van der Waals surface area contributed by atoms with Gasteiger partial charge in [0.15, 0.2) is 0 Å². The van der Waals surface area contributed by atoms with E-state index in [2.05, 4.69) is 25.4 Å². The van der Waals surface area contributed by atoms with E-state index in [0.29, 0.717) is 12.3 Å². The van der Waals surface area contributed by atoms with Crippen LogP contribution >= 0.6 is 0 Å². The molecule has 0 aromatic carbocycles. The number of nitrogens with one attached hydrogen (secondary N) is 1. The summed E-state index contributed by atoms with van der Waals surface area (Å²) in [5.74, 6) is 0.528. The fourth-order valence-corrected chi connectivity index (χ4v) is 2.40. The first-order valence-corrected chi connectivity index (χ1v) is 7.18. The lowest BCUT2D eigenvalue weighted by atomic mass is 10.1. The average molecular weight is 311 g/mol. The average Bonchev–Trinajstić information content (AvgIpc) is 2.91. The fraction of sp³-hybridized carbons (Fsp3) is 0.267. The fourth-order valence-electron chi connectivity index (χ4n) is 2.40. The smallest absolute Gasteiger partial charge is 0.254 e. The third kappa shape index (κ3) is 3.10. The molecule has 3 rings (SSSR count). The van der Waals surface area contributed by atoms with E-state index in [4.69, 9.17) is 5.73 Å². The van der Waals surface area contributed by atoms with E-state index in [1.807, 2.05) is 26.0 Å². The molecule has 0 aliphatic heterocycles. The number of rotatable bonds is 4. The minimum absolute atomic E-state index is 0.0813. The number of anilines is 1. The molecule has 0 bridgehead atoms. The number of amides is 1. The van der Waals surface area contributed by atoms with E-state index in [9.17, 15) is 4.79 Å². The Hall–Kier alpha value is -3.03. The van der Waals surface area contributed by atoms with E-state index in [0.717, 1.165) is 22.5 Å². The Morgan fingerprint density at radius 2 is 2.00 bits per heavy atom. The van der Waals surface area contributed by atoms with E-state index >= 15 is 0 Å². The summed E-state index contributed by atoms with van der Waals surface area (Å²) >= 11 is 0. The van der Waals surface area contributed by atoms with Crippen molar-refractivity contribution in [2.75, 3.05) is 5.73 Å². The predicted octanol–water partition coefficient (Wildman–Crippen LogP) is 0.577. The van der Waals surface area contributed by atoms with Crippen LogP contribution < -0.4 is 11.1 Å². The zero-order valence-electron chi connectivity index (χ0n) is 12.9. The number of fused-ring (bicyclic) bond motifs is 1. The molecule has 118 valence electrons. The van der Waals surface area contributed by atoms with Crippen LogP contribution in [-0.4, -0.2) is 30.5 Å². The van der Waals surface area contributed by atoms with Gasteiger partial charge in [0.05, 0.1) is 6.42 Å². The van der Waals surface area contributed by atoms with Gasteiger partial charge in [0.2, 0.25) is 11.9 Å². The number of carbonyl (C=O) groups excluding carboxylic acids is 1. The summed E-state index contributed by atoms with van der Waals surface area (Å²) in [7, 11) is 0. The number of nitrogens with two attached hydrogens (primary N) is 1. The molecule has 23 heavy (non-hydrogen) atoms. The molecule has 8 nitrogen and oxygen atoms in total. The summed E-state index contributed by atoms with van der Waals surface area (Å²) in [5, 5.41) is 6.99. The standard InChI is InChI=1S/C15H17N7O/c1-9-12(10(2)22-15(19-9)20-14(16)21-22)7-13(23)18-8-11-3-5-17-6-4-11/h3-6H,7-8H2,1-2H3,(H2,16,21)(H,18,23). The summed E-state index contributed by atoms with van der Waals surface area (Å²) in [6.07, 6.45) is 3.62. The molecule has 8 heteroatoms. The van der Waals surface area contributed by atoms with Crippen LogP contribution in [-0.2, 0) is 17.8 Å². The first-order valence-electron chi connectivity index (χ1n) is 7.18. The van der Waals surface area contributed by atoms with E-state index in [1.54, 1.807) is 16.9 Å². The highest BCUT2D eigenvalue weighted by Crippen LogP contribution is 2.14. The van der Waals surface area contributed by atoms with Gasteiger partial charge in [0, 0.05) is 35.9 Å². The van der Waals surface area contributed by atoms with E-state index in [1.165, 1.54) is 0 Å². The molecular formula is C15H17N7O. The summed E-state index contributed by atoms with van der Waals surface area (Å²) in [6.45, 7) is 4.19. The van der Waals surface area contributed by atoms with Crippen LogP contribution in [0.1, 0.15) is 22.5 Å². The van der Waals surface area contributed by atoms with Gasteiger partial charge < -0.3 is 11.1 Å². The number of nitrogen functional groups attached to an aromatic ring is 1. The zero-order chi connectivity index (χ0) is 16.4. The van der Waals surface area contributed by atoms with E-state index < -0.39 is 0 Å². The van der Waals surface area contributed by atoms with Crippen molar-refractivity contribution in [1.29, 1.82) is 0 Å². The largest absolute Gasteiger partial charge is 0.366 e. The van der Waals surface area contributed by atoms with Crippen LogP contribution in [0.25, 0.3) is 5.78 Å². The second-order valence-corrected chi connectivity index (χ2v) is 5.25. The topological polar surface area (TPSA) is 111 Å². The first kappa shape index (κ1) is 14.9. The van der Waals surface area contributed by atoms with Crippen molar-refractivity contribution in [2.24, 2.45) is 0 Å². The maximum atomic E-state index is 12.2. The minimum Gasteiger partial charge on any atom is -0.366 e. The number of hydrogen-bond donors (Lipinski definition) is 2. The molecule has 0 fully saturated rings. The highest BCUT2D eigenvalue weighted by atomic mass is 16.1. The molecule has 3 heterocycles.